The van der Waals surface area contributed by atoms with Crippen LogP contribution in [0.3, 0.4) is 0 Å². The van der Waals surface area contributed by atoms with E-state index >= 15 is 0 Å². The lowest BCUT2D eigenvalue weighted by molar-refractivity contribution is 0.144. The second kappa shape index (κ2) is 6.92. The van der Waals surface area contributed by atoms with E-state index in [1.165, 1.54) is 19.9 Å². The van der Waals surface area contributed by atoms with Crippen LogP contribution in [-0.2, 0) is 9.84 Å². The summed E-state index contributed by atoms with van der Waals surface area (Å²) in [6.45, 7) is 3.00. The number of pyridine rings is 1. The van der Waals surface area contributed by atoms with Gasteiger partial charge in [-0.1, -0.05) is 0 Å². The molecular formula is C22H23N5O4S. The number of rotatable bonds is 5. The van der Waals surface area contributed by atoms with E-state index in [0.717, 1.165) is 12.8 Å². The highest BCUT2D eigenvalue weighted by Gasteiger charge is 2.51. The van der Waals surface area contributed by atoms with E-state index in [9.17, 15) is 23.6 Å². The summed E-state index contributed by atoms with van der Waals surface area (Å²) < 4.78 is 25.9. The van der Waals surface area contributed by atoms with E-state index in [1.807, 2.05) is 0 Å². The van der Waals surface area contributed by atoms with E-state index in [2.05, 4.69) is 21.5 Å². The molecule has 0 radical (unpaired) electrons. The number of sulfone groups is 1. The van der Waals surface area contributed by atoms with Crippen molar-refractivity contribution in [1.29, 1.82) is 5.26 Å². The Hall–Kier alpha value is -3.16. The average Bonchev–Trinajstić information content (AvgIpc) is 3.51. The Labute approximate surface area is 184 Å². The number of benzene rings is 1. The van der Waals surface area contributed by atoms with Gasteiger partial charge < -0.3 is 15.4 Å². The predicted octanol–water partition coefficient (Wildman–Crippen LogP) is 2.93. The lowest BCUT2D eigenvalue weighted by Crippen LogP contribution is -2.32. The van der Waals surface area contributed by atoms with Crippen LogP contribution in [0.1, 0.15) is 50.8 Å². The molecule has 1 aliphatic heterocycles. The maximum atomic E-state index is 12.7. The number of aromatic nitrogens is 3. The minimum absolute atomic E-state index is 0.108. The first-order valence-electron chi connectivity index (χ1n) is 10.5. The summed E-state index contributed by atoms with van der Waals surface area (Å²) in [4.78, 5) is 15.4. The third-order valence-corrected chi connectivity index (χ3v) is 9.18. The third-order valence-electron chi connectivity index (χ3n) is 6.62. The number of aliphatic hydroxyl groups is 1. The highest BCUT2D eigenvalue weighted by molar-refractivity contribution is 7.93. The van der Waals surface area contributed by atoms with Crippen molar-refractivity contribution in [3.05, 3.63) is 46.4 Å². The molecule has 0 unspecified atom stereocenters. The first-order chi connectivity index (χ1) is 15.2. The zero-order valence-electron chi connectivity index (χ0n) is 17.7. The van der Waals surface area contributed by atoms with Gasteiger partial charge >= 0.3 is 0 Å². The molecule has 1 fully saturated rings. The Kier molecular flexibility index (Phi) is 4.48. The molecule has 5 rings (SSSR count). The van der Waals surface area contributed by atoms with Crippen molar-refractivity contribution >= 4 is 32.2 Å². The maximum Gasteiger partial charge on any atom is 0.261 e. The molecule has 3 aromatic rings. The van der Waals surface area contributed by atoms with Crippen LogP contribution in [0, 0.1) is 17.2 Å². The van der Waals surface area contributed by atoms with E-state index in [-0.39, 0.29) is 16.5 Å². The van der Waals surface area contributed by atoms with Crippen LogP contribution < -0.4 is 10.9 Å². The van der Waals surface area contributed by atoms with Crippen LogP contribution >= 0.6 is 0 Å². The Balaban J connectivity index is 1.60. The minimum atomic E-state index is -3.66. The second-order valence-corrected chi connectivity index (χ2v) is 11.5. The molecule has 0 amide bonds. The van der Waals surface area contributed by atoms with Crippen molar-refractivity contribution in [3.63, 3.8) is 0 Å². The molecule has 10 heteroatoms. The smallest absolute Gasteiger partial charge is 0.261 e. The summed E-state index contributed by atoms with van der Waals surface area (Å²) in [6, 6.07) is 8.52. The van der Waals surface area contributed by atoms with Crippen LogP contribution in [0.2, 0.25) is 0 Å². The van der Waals surface area contributed by atoms with Gasteiger partial charge in [0.15, 0.2) is 15.7 Å². The molecule has 32 heavy (non-hydrogen) atoms. The molecule has 2 aliphatic rings. The Morgan fingerprint density at radius 3 is 2.81 bits per heavy atom. The predicted molar refractivity (Wildman–Crippen MR) is 118 cm³/mol. The molecule has 0 spiro atoms. The number of aromatic amines is 1. The Bertz CT molecular complexity index is 1440. The number of nitriles is 1. The van der Waals surface area contributed by atoms with Gasteiger partial charge in [-0.3, -0.25) is 9.48 Å². The van der Waals surface area contributed by atoms with Gasteiger partial charge in [0.1, 0.15) is 10.1 Å². The van der Waals surface area contributed by atoms with E-state index in [0.29, 0.717) is 40.3 Å². The molecule has 2 atom stereocenters. The number of H-pyrrole nitrogens is 1. The van der Waals surface area contributed by atoms with Crippen molar-refractivity contribution in [2.24, 2.45) is 5.92 Å². The van der Waals surface area contributed by atoms with Gasteiger partial charge in [-0.25, -0.2) is 8.42 Å². The van der Waals surface area contributed by atoms with Crippen LogP contribution in [0.4, 0.5) is 11.5 Å². The molecule has 3 heterocycles. The number of fused-ring (bicyclic) bond motifs is 2. The summed E-state index contributed by atoms with van der Waals surface area (Å²) >= 11 is 0. The fourth-order valence-corrected chi connectivity index (χ4v) is 6.21. The zero-order valence-corrected chi connectivity index (χ0v) is 18.5. The molecule has 1 aromatic carbocycles. The average molecular weight is 454 g/mol. The SMILES string of the molecule is CC1(C)[C@@H](O)c2cc(Nc3nn([C@@H](CC#N)C4CC4)c4cc[nH]c(=O)c34)ccc2S1(=O)=O. The lowest BCUT2D eigenvalue weighted by atomic mass is 9.98. The van der Waals surface area contributed by atoms with Crippen LogP contribution in [0.15, 0.2) is 40.2 Å². The number of anilines is 2. The summed E-state index contributed by atoms with van der Waals surface area (Å²) in [5.74, 6) is 0.674. The van der Waals surface area contributed by atoms with Crippen molar-refractivity contribution < 1.29 is 13.5 Å². The Morgan fingerprint density at radius 1 is 1.38 bits per heavy atom. The molecule has 3 N–H and O–H groups in total. The summed E-state index contributed by atoms with van der Waals surface area (Å²) in [6.07, 6.45) is 2.73. The van der Waals surface area contributed by atoms with Crippen molar-refractivity contribution in [2.45, 2.75) is 54.9 Å². The molecule has 166 valence electrons. The largest absolute Gasteiger partial charge is 0.387 e. The van der Waals surface area contributed by atoms with Crippen molar-refractivity contribution in [1.82, 2.24) is 14.8 Å². The normalized spacial score (nSPS) is 21.8. The number of nitrogens with zero attached hydrogens (tertiary/aromatic N) is 3. The standard InChI is InChI=1S/C22H23N5O4S/c1-22(2)19(28)14-11-13(5-6-17(14)32(22,30)31)25-20-18-16(8-10-24-21(18)29)27(26-20)15(7-9-23)12-3-4-12/h5-6,8,10-12,15,19,28H,3-4,7H2,1-2H3,(H,24,29)(H,25,26)/t15-,19-/m0/s1. The summed E-state index contributed by atoms with van der Waals surface area (Å²) in [7, 11) is -3.66. The molecule has 0 bridgehead atoms. The van der Waals surface area contributed by atoms with Crippen molar-refractivity contribution in [3.8, 4) is 6.07 Å². The molecule has 0 saturated heterocycles. The van der Waals surface area contributed by atoms with Crippen LogP contribution in [-0.4, -0.2) is 33.0 Å². The summed E-state index contributed by atoms with van der Waals surface area (Å²) in [5, 5.41) is 28.1. The first kappa shape index (κ1) is 20.7. The van der Waals surface area contributed by atoms with Crippen LogP contribution in [0.25, 0.3) is 10.9 Å². The molecule has 2 aromatic heterocycles. The van der Waals surface area contributed by atoms with Gasteiger partial charge in [-0.15, -0.1) is 0 Å². The fraction of sp³-hybridized carbons (Fsp3) is 0.409. The molecular weight excluding hydrogens is 430 g/mol. The van der Waals surface area contributed by atoms with Gasteiger partial charge in [-0.05, 0) is 56.9 Å². The molecule has 1 saturated carbocycles. The monoisotopic (exact) mass is 453 g/mol. The summed E-state index contributed by atoms with van der Waals surface area (Å²) in [5.41, 5.74) is 1.15. The van der Waals surface area contributed by atoms with Gasteiger partial charge in [-0.2, -0.15) is 10.4 Å². The topological polar surface area (TPSA) is 141 Å². The number of nitrogens with one attached hydrogen (secondary N) is 2. The fourth-order valence-electron chi connectivity index (χ4n) is 4.49. The van der Waals surface area contributed by atoms with Crippen LogP contribution in [0.5, 0.6) is 0 Å². The highest BCUT2D eigenvalue weighted by Crippen LogP contribution is 2.47. The Morgan fingerprint density at radius 2 is 2.12 bits per heavy atom. The van der Waals surface area contributed by atoms with E-state index < -0.39 is 20.7 Å². The van der Waals surface area contributed by atoms with Gasteiger partial charge in [0, 0.05) is 17.4 Å². The van der Waals surface area contributed by atoms with Gasteiger partial charge in [0.25, 0.3) is 5.56 Å². The quantitative estimate of drug-likeness (QED) is 0.539. The number of aliphatic hydroxyl groups excluding tert-OH is 1. The maximum absolute atomic E-state index is 12.7. The minimum Gasteiger partial charge on any atom is -0.387 e. The first-order valence-corrected chi connectivity index (χ1v) is 12.0. The zero-order chi connectivity index (χ0) is 22.8. The van der Waals surface area contributed by atoms with Gasteiger partial charge in [0.2, 0.25) is 0 Å². The van der Waals surface area contributed by atoms with E-state index in [1.54, 1.807) is 29.1 Å². The molecule has 9 nitrogen and oxygen atoms in total. The van der Waals surface area contributed by atoms with Crippen molar-refractivity contribution in [2.75, 3.05) is 5.32 Å². The highest BCUT2D eigenvalue weighted by atomic mass is 32.2. The lowest BCUT2D eigenvalue weighted by Gasteiger charge is -2.21. The molecule has 1 aliphatic carbocycles. The third kappa shape index (κ3) is 2.88. The second-order valence-electron chi connectivity index (χ2n) is 9.01. The van der Waals surface area contributed by atoms with E-state index in [4.69, 9.17) is 0 Å². The number of hydrogen-bond acceptors (Lipinski definition) is 7. The van der Waals surface area contributed by atoms with Gasteiger partial charge in [0.05, 0.1) is 35.0 Å². The number of hydrogen-bond donors (Lipinski definition) is 3.